The largest absolute Gasteiger partial charge is 0.389 e. The first-order valence-electron chi connectivity index (χ1n) is 11.4. The summed E-state index contributed by atoms with van der Waals surface area (Å²) in [5, 5.41) is 13.7. The predicted molar refractivity (Wildman–Crippen MR) is 123 cm³/mol. The van der Waals surface area contributed by atoms with Crippen molar-refractivity contribution in [3.8, 4) is 11.3 Å². The summed E-state index contributed by atoms with van der Waals surface area (Å²) in [5.41, 5.74) is 1.71. The zero-order valence-electron chi connectivity index (χ0n) is 19.0. The Bertz CT molecular complexity index is 1260. The number of halogens is 1. The summed E-state index contributed by atoms with van der Waals surface area (Å²) < 4.78 is 33.4. The van der Waals surface area contributed by atoms with E-state index in [0.717, 1.165) is 6.20 Å². The van der Waals surface area contributed by atoms with E-state index in [4.69, 9.17) is 14.2 Å². The Hall–Kier alpha value is -2.92. The molecule has 0 saturated carbocycles. The summed E-state index contributed by atoms with van der Waals surface area (Å²) in [4.78, 5) is 21.3. The zero-order valence-corrected chi connectivity index (χ0v) is 19.0. The molecule has 2 atom stereocenters. The van der Waals surface area contributed by atoms with Gasteiger partial charge in [-0.25, -0.2) is 14.4 Å². The van der Waals surface area contributed by atoms with Gasteiger partial charge in [0, 0.05) is 29.7 Å². The van der Waals surface area contributed by atoms with Crippen LogP contribution >= 0.6 is 0 Å². The summed E-state index contributed by atoms with van der Waals surface area (Å²) in [6, 6.07) is 6.36. The minimum atomic E-state index is -0.703. The van der Waals surface area contributed by atoms with Crippen molar-refractivity contribution >= 4 is 16.9 Å². The SMILES string of the molecule is CC(C)n1c(C2OCCO2)cc(=O)c2ccc(-c3nc(N[C@@H]4CCOC[C@H]4O)ncc3F)cc21. The Balaban J connectivity index is 1.59. The van der Waals surface area contributed by atoms with Crippen LogP contribution in [0.3, 0.4) is 0 Å². The maximum absolute atomic E-state index is 14.8. The van der Waals surface area contributed by atoms with Crippen molar-refractivity contribution in [3.05, 3.63) is 52.2 Å². The molecule has 2 fully saturated rings. The highest BCUT2D eigenvalue weighted by molar-refractivity contribution is 5.84. The number of aliphatic hydroxyl groups excluding tert-OH is 1. The van der Waals surface area contributed by atoms with Gasteiger partial charge in [-0.05, 0) is 32.4 Å². The molecule has 34 heavy (non-hydrogen) atoms. The van der Waals surface area contributed by atoms with E-state index >= 15 is 0 Å². The van der Waals surface area contributed by atoms with Crippen LogP contribution in [0.5, 0.6) is 0 Å². The highest BCUT2D eigenvalue weighted by Gasteiger charge is 2.26. The van der Waals surface area contributed by atoms with Gasteiger partial charge in [0.2, 0.25) is 5.95 Å². The lowest BCUT2D eigenvalue weighted by Crippen LogP contribution is -2.42. The van der Waals surface area contributed by atoms with Gasteiger partial charge in [0.25, 0.3) is 0 Å². The molecule has 9 nitrogen and oxygen atoms in total. The lowest BCUT2D eigenvalue weighted by atomic mass is 10.1. The van der Waals surface area contributed by atoms with E-state index in [9.17, 15) is 14.3 Å². The van der Waals surface area contributed by atoms with Crippen LogP contribution < -0.4 is 10.7 Å². The highest BCUT2D eigenvalue weighted by Crippen LogP contribution is 2.31. The number of ether oxygens (including phenoxy) is 3. The van der Waals surface area contributed by atoms with E-state index in [0.29, 0.717) is 48.4 Å². The first kappa shape index (κ1) is 22.9. The molecule has 0 radical (unpaired) electrons. The van der Waals surface area contributed by atoms with Gasteiger partial charge in [0.05, 0.1) is 49.4 Å². The number of nitrogens with one attached hydrogen (secondary N) is 1. The average molecular weight is 471 g/mol. The third kappa shape index (κ3) is 4.29. The fourth-order valence-corrected chi connectivity index (χ4v) is 4.49. The van der Waals surface area contributed by atoms with Crippen LogP contribution in [-0.4, -0.2) is 58.2 Å². The number of rotatable bonds is 5. The van der Waals surface area contributed by atoms with Crippen molar-refractivity contribution in [2.24, 2.45) is 0 Å². The first-order chi connectivity index (χ1) is 16.4. The number of aromatic nitrogens is 3. The van der Waals surface area contributed by atoms with E-state index in [2.05, 4.69) is 15.3 Å². The van der Waals surface area contributed by atoms with Crippen LogP contribution in [0.15, 0.2) is 35.3 Å². The highest BCUT2D eigenvalue weighted by atomic mass is 19.1. The predicted octanol–water partition coefficient (Wildman–Crippen LogP) is 2.79. The molecule has 5 rings (SSSR count). The topological polar surface area (TPSA) is 108 Å². The van der Waals surface area contributed by atoms with Crippen LogP contribution in [0.25, 0.3) is 22.2 Å². The van der Waals surface area contributed by atoms with Gasteiger partial charge in [-0.15, -0.1) is 0 Å². The van der Waals surface area contributed by atoms with Crippen LogP contribution in [-0.2, 0) is 14.2 Å². The van der Waals surface area contributed by atoms with E-state index in [1.165, 1.54) is 0 Å². The molecule has 0 spiro atoms. The van der Waals surface area contributed by atoms with Crippen molar-refractivity contribution in [1.82, 2.24) is 14.5 Å². The summed E-state index contributed by atoms with van der Waals surface area (Å²) in [6.45, 7) is 5.65. The lowest BCUT2D eigenvalue weighted by Gasteiger charge is -2.28. The van der Waals surface area contributed by atoms with E-state index in [-0.39, 0.29) is 35.8 Å². The second kappa shape index (κ2) is 9.38. The van der Waals surface area contributed by atoms with Crippen molar-refractivity contribution in [3.63, 3.8) is 0 Å². The van der Waals surface area contributed by atoms with Crippen LogP contribution in [0, 0.1) is 5.82 Å². The van der Waals surface area contributed by atoms with Crippen LogP contribution in [0.2, 0.25) is 0 Å². The molecule has 180 valence electrons. The molecule has 3 aromatic rings. The fraction of sp³-hybridized carbons (Fsp3) is 0.458. The van der Waals surface area contributed by atoms with Crippen LogP contribution in [0.4, 0.5) is 10.3 Å². The monoisotopic (exact) mass is 470 g/mol. The molecule has 2 saturated heterocycles. The van der Waals surface area contributed by atoms with Gasteiger partial charge < -0.3 is 29.2 Å². The minimum Gasteiger partial charge on any atom is -0.389 e. The number of benzene rings is 1. The molecular weight excluding hydrogens is 443 g/mol. The number of pyridine rings is 1. The Labute approximate surface area is 195 Å². The Kier molecular flexibility index (Phi) is 6.30. The fourth-order valence-electron chi connectivity index (χ4n) is 4.49. The van der Waals surface area contributed by atoms with Gasteiger partial charge in [-0.1, -0.05) is 6.07 Å². The van der Waals surface area contributed by atoms with E-state index in [1.807, 2.05) is 18.4 Å². The van der Waals surface area contributed by atoms with Gasteiger partial charge in [0.1, 0.15) is 5.69 Å². The molecule has 2 aromatic heterocycles. The Morgan fingerprint density at radius 2 is 2.00 bits per heavy atom. The summed E-state index contributed by atoms with van der Waals surface area (Å²) >= 11 is 0. The van der Waals surface area contributed by atoms with E-state index < -0.39 is 18.2 Å². The van der Waals surface area contributed by atoms with Gasteiger partial charge in [-0.3, -0.25) is 4.79 Å². The van der Waals surface area contributed by atoms with Gasteiger partial charge in [-0.2, -0.15) is 0 Å². The third-order valence-electron chi connectivity index (χ3n) is 6.12. The molecule has 2 aliphatic rings. The molecule has 0 aliphatic carbocycles. The molecule has 0 amide bonds. The normalized spacial score (nSPS) is 21.4. The number of nitrogens with zero attached hydrogens (tertiary/aromatic N) is 3. The van der Waals surface area contributed by atoms with E-state index in [1.54, 1.807) is 24.3 Å². The second-order valence-electron chi connectivity index (χ2n) is 8.77. The Morgan fingerprint density at radius 1 is 1.21 bits per heavy atom. The second-order valence-corrected chi connectivity index (χ2v) is 8.77. The molecule has 4 heterocycles. The minimum absolute atomic E-state index is 0.0105. The molecule has 0 bridgehead atoms. The lowest BCUT2D eigenvalue weighted by molar-refractivity contribution is -0.0503. The van der Waals surface area contributed by atoms with Crippen molar-refractivity contribution in [1.29, 1.82) is 0 Å². The Morgan fingerprint density at radius 3 is 2.74 bits per heavy atom. The number of fused-ring (bicyclic) bond motifs is 1. The summed E-state index contributed by atoms with van der Waals surface area (Å²) in [7, 11) is 0. The standard InChI is InChI=1S/C24H27FN4O5/c1-13(2)29-18-9-14(3-4-15(18)20(30)10-19(29)23-33-7-8-34-23)22-16(25)11-26-24(28-22)27-17-5-6-32-12-21(17)31/h3-4,9-11,13,17,21,23,31H,5-8,12H2,1-2H3,(H,26,27,28)/t17-,21-/m1/s1. The number of anilines is 1. The molecule has 2 N–H and O–H groups in total. The molecular formula is C24H27FN4O5. The third-order valence-corrected chi connectivity index (χ3v) is 6.12. The maximum atomic E-state index is 14.8. The average Bonchev–Trinajstić information content (AvgIpc) is 3.36. The van der Waals surface area contributed by atoms with Crippen molar-refractivity contribution in [2.45, 2.75) is 44.7 Å². The summed E-state index contributed by atoms with van der Waals surface area (Å²) in [6.07, 6.45) is 0.361. The number of aliphatic hydroxyl groups is 1. The maximum Gasteiger partial charge on any atom is 0.223 e. The smallest absolute Gasteiger partial charge is 0.223 e. The number of hydrogen-bond acceptors (Lipinski definition) is 8. The van der Waals surface area contributed by atoms with Gasteiger partial charge in [0.15, 0.2) is 17.5 Å². The van der Waals surface area contributed by atoms with Crippen LogP contribution in [0.1, 0.15) is 38.3 Å². The van der Waals surface area contributed by atoms with Crippen molar-refractivity contribution < 1.29 is 23.7 Å². The molecule has 1 aromatic carbocycles. The summed E-state index contributed by atoms with van der Waals surface area (Å²) in [5.74, 6) is -0.375. The molecule has 0 unspecified atom stereocenters. The van der Waals surface area contributed by atoms with Gasteiger partial charge >= 0.3 is 0 Å². The molecule has 10 heteroatoms. The zero-order chi connectivity index (χ0) is 23.8. The van der Waals surface area contributed by atoms with Crippen molar-refractivity contribution in [2.75, 3.05) is 31.7 Å². The first-order valence-corrected chi connectivity index (χ1v) is 11.4. The number of hydrogen-bond donors (Lipinski definition) is 2. The quantitative estimate of drug-likeness (QED) is 0.586. The molecule has 2 aliphatic heterocycles.